The monoisotopic (exact) mass is 477 g/mol. The first kappa shape index (κ1) is 24.7. The molecule has 8 nitrogen and oxygen atoms in total. The molecular formula is C23H28FN3O5S. The van der Waals surface area contributed by atoms with Crippen molar-refractivity contribution in [3.8, 4) is 5.75 Å². The van der Waals surface area contributed by atoms with E-state index >= 15 is 0 Å². The molecule has 2 N–H and O–H groups in total. The number of methoxy groups -OCH3 is 1. The maximum Gasteiger partial charge on any atom is 0.243 e. The summed E-state index contributed by atoms with van der Waals surface area (Å²) < 4.78 is 45.2. The molecule has 1 atom stereocenters. The second-order valence-electron chi connectivity index (χ2n) is 7.83. The molecule has 0 saturated carbocycles. The number of piperidine rings is 1. The molecule has 178 valence electrons. The van der Waals surface area contributed by atoms with Gasteiger partial charge in [0.2, 0.25) is 21.8 Å². The van der Waals surface area contributed by atoms with Crippen molar-refractivity contribution in [1.82, 2.24) is 14.9 Å². The van der Waals surface area contributed by atoms with Crippen LogP contribution in [0.3, 0.4) is 0 Å². The molecule has 0 radical (unpaired) electrons. The molecular weight excluding hydrogens is 449 g/mol. The molecule has 1 saturated heterocycles. The second kappa shape index (κ2) is 11.2. The van der Waals surface area contributed by atoms with E-state index in [2.05, 4.69) is 10.6 Å². The van der Waals surface area contributed by atoms with Gasteiger partial charge in [-0.1, -0.05) is 12.1 Å². The highest BCUT2D eigenvalue weighted by Gasteiger charge is 2.33. The van der Waals surface area contributed by atoms with Gasteiger partial charge in [-0.05, 0) is 54.8 Å². The number of carbonyl (C=O) groups is 2. The minimum atomic E-state index is -3.80. The quantitative estimate of drug-likeness (QED) is 0.575. The Morgan fingerprint density at radius 1 is 1.15 bits per heavy atom. The van der Waals surface area contributed by atoms with Crippen LogP contribution >= 0.6 is 0 Å². The minimum Gasteiger partial charge on any atom is -0.497 e. The number of nitrogens with zero attached hydrogens (tertiary/aromatic N) is 1. The molecule has 1 aliphatic rings. The molecule has 33 heavy (non-hydrogen) atoms. The summed E-state index contributed by atoms with van der Waals surface area (Å²) in [4.78, 5) is 24.6. The lowest BCUT2D eigenvalue weighted by molar-refractivity contribution is -0.126. The zero-order chi connectivity index (χ0) is 23.8. The standard InChI is InChI=1S/C23H28FN3O5S/c1-32-20-6-2-4-17(14-20)15-26-22(28)11-12-25-23(29)18-5-3-13-27(16-18)33(30,31)21-9-7-19(24)8-10-21/h2,4,6-10,14,18H,3,5,11-13,15-16H2,1H3,(H,25,29)(H,26,28)/t18-/m0/s1. The number of hydrogen-bond donors (Lipinski definition) is 2. The van der Waals surface area contributed by atoms with Crippen molar-refractivity contribution in [1.29, 1.82) is 0 Å². The van der Waals surface area contributed by atoms with Gasteiger partial charge in [-0.2, -0.15) is 4.31 Å². The Balaban J connectivity index is 1.45. The highest BCUT2D eigenvalue weighted by Crippen LogP contribution is 2.24. The average Bonchev–Trinajstić information content (AvgIpc) is 2.83. The maximum atomic E-state index is 13.1. The minimum absolute atomic E-state index is 0.00216. The van der Waals surface area contributed by atoms with E-state index in [-0.39, 0.29) is 36.2 Å². The molecule has 2 amide bonds. The smallest absolute Gasteiger partial charge is 0.243 e. The molecule has 0 unspecified atom stereocenters. The topological polar surface area (TPSA) is 105 Å². The molecule has 3 rings (SSSR count). The Hall–Kier alpha value is -2.98. The third-order valence-corrected chi connectivity index (χ3v) is 7.36. The van der Waals surface area contributed by atoms with Gasteiger partial charge in [0.1, 0.15) is 11.6 Å². The van der Waals surface area contributed by atoms with Gasteiger partial charge in [-0.25, -0.2) is 12.8 Å². The van der Waals surface area contributed by atoms with E-state index in [0.29, 0.717) is 31.7 Å². The Morgan fingerprint density at radius 3 is 2.64 bits per heavy atom. The van der Waals surface area contributed by atoms with Crippen molar-refractivity contribution in [2.45, 2.75) is 30.7 Å². The maximum absolute atomic E-state index is 13.1. The van der Waals surface area contributed by atoms with Crippen LogP contribution in [0.15, 0.2) is 53.4 Å². The fourth-order valence-corrected chi connectivity index (χ4v) is 5.17. The van der Waals surface area contributed by atoms with Crippen LogP contribution in [0.1, 0.15) is 24.8 Å². The van der Waals surface area contributed by atoms with Crippen molar-refractivity contribution in [3.63, 3.8) is 0 Å². The Labute approximate surface area is 193 Å². The van der Waals surface area contributed by atoms with Crippen molar-refractivity contribution < 1.29 is 27.1 Å². The second-order valence-corrected chi connectivity index (χ2v) is 9.76. The molecule has 0 bridgehead atoms. The lowest BCUT2D eigenvalue weighted by Gasteiger charge is -2.31. The number of benzene rings is 2. The fourth-order valence-electron chi connectivity index (χ4n) is 3.65. The average molecular weight is 478 g/mol. The van der Waals surface area contributed by atoms with E-state index in [0.717, 1.165) is 17.7 Å². The molecule has 0 spiro atoms. The third kappa shape index (κ3) is 6.75. The third-order valence-electron chi connectivity index (χ3n) is 5.48. The fraction of sp³-hybridized carbons (Fsp3) is 0.391. The number of halogens is 1. The molecule has 0 aliphatic carbocycles. The van der Waals surface area contributed by atoms with Crippen LogP contribution in [-0.4, -0.2) is 51.3 Å². The zero-order valence-corrected chi connectivity index (χ0v) is 19.2. The van der Waals surface area contributed by atoms with Gasteiger partial charge >= 0.3 is 0 Å². The number of amides is 2. The first-order valence-corrected chi connectivity index (χ1v) is 12.2. The van der Waals surface area contributed by atoms with Crippen molar-refractivity contribution in [2.75, 3.05) is 26.7 Å². The van der Waals surface area contributed by atoms with Crippen LogP contribution in [0.2, 0.25) is 0 Å². The highest BCUT2D eigenvalue weighted by molar-refractivity contribution is 7.89. The summed E-state index contributed by atoms with van der Waals surface area (Å²) in [5.74, 6) is -0.806. The summed E-state index contributed by atoms with van der Waals surface area (Å²) in [6.07, 6.45) is 1.21. The van der Waals surface area contributed by atoms with Gasteiger partial charge in [0.25, 0.3) is 0 Å². The van der Waals surface area contributed by atoms with Crippen molar-refractivity contribution in [3.05, 3.63) is 59.9 Å². The summed E-state index contributed by atoms with van der Waals surface area (Å²) in [7, 11) is -2.23. The van der Waals surface area contributed by atoms with Gasteiger partial charge in [-0.15, -0.1) is 0 Å². The molecule has 1 aliphatic heterocycles. The summed E-state index contributed by atoms with van der Waals surface area (Å²) in [5, 5.41) is 5.52. The van der Waals surface area contributed by atoms with E-state index < -0.39 is 21.8 Å². The Bertz CT molecular complexity index is 1080. The lowest BCUT2D eigenvalue weighted by Crippen LogP contribution is -2.45. The van der Waals surface area contributed by atoms with Gasteiger partial charge < -0.3 is 15.4 Å². The summed E-state index contributed by atoms with van der Waals surface area (Å²) >= 11 is 0. The normalized spacial score (nSPS) is 16.7. The van der Waals surface area contributed by atoms with E-state index in [1.807, 2.05) is 24.3 Å². The van der Waals surface area contributed by atoms with E-state index in [1.54, 1.807) is 7.11 Å². The molecule has 2 aromatic rings. The summed E-state index contributed by atoms with van der Waals surface area (Å²) in [6, 6.07) is 12.0. The van der Waals surface area contributed by atoms with Gasteiger partial charge in [0.05, 0.1) is 17.9 Å². The van der Waals surface area contributed by atoms with Gasteiger partial charge in [-0.3, -0.25) is 9.59 Å². The van der Waals surface area contributed by atoms with Crippen LogP contribution in [0.5, 0.6) is 5.75 Å². The van der Waals surface area contributed by atoms with E-state index in [1.165, 1.54) is 16.4 Å². The molecule has 1 heterocycles. The predicted molar refractivity (Wildman–Crippen MR) is 120 cm³/mol. The number of sulfonamides is 1. The molecule has 10 heteroatoms. The SMILES string of the molecule is COc1cccc(CNC(=O)CCNC(=O)[C@H]2CCCN(S(=O)(=O)c3ccc(F)cc3)C2)c1. The van der Waals surface area contributed by atoms with E-state index in [9.17, 15) is 22.4 Å². The highest BCUT2D eigenvalue weighted by atomic mass is 32.2. The van der Waals surface area contributed by atoms with Crippen LogP contribution in [0, 0.1) is 11.7 Å². The zero-order valence-electron chi connectivity index (χ0n) is 18.4. The first-order chi connectivity index (χ1) is 15.8. The van der Waals surface area contributed by atoms with Gasteiger partial charge in [0, 0.05) is 32.6 Å². The molecule has 1 fully saturated rings. The molecule has 0 aromatic heterocycles. The number of ether oxygens (including phenoxy) is 1. The molecule has 2 aromatic carbocycles. The predicted octanol–water partition coefficient (Wildman–Crippen LogP) is 2.06. The first-order valence-electron chi connectivity index (χ1n) is 10.7. The Kier molecular flexibility index (Phi) is 8.40. The summed E-state index contributed by atoms with van der Waals surface area (Å²) in [6.45, 7) is 0.858. The number of nitrogens with one attached hydrogen (secondary N) is 2. The van der Waals surface area contributed by atoms with Crippen LogP contribution in [0.25, 0.3) is 0 Å². The van der Waals surface area contributed by atoms with Crippen LogP contribution in [0.4, 0.5) is 4.39 Å². The number of hydrogen-bond acceptors (Lipinski definition) is 5. The number of rotatable bonds is 9. The van der Waals surface area contributed by atoms with Crippen LogP contribution < -0.4 is 15.4 Å². The van der Waals surface area contributed by atoms with Crippen LogP contribution in [-0.2, 0) is 26.2 Å². The lowest BCUT2D eigenvalue weighted by atomic mass is 9.99. The largest absolute Gasteiger partial charge is 0.497 e. The van der Waals surface area contributed by atoms with Gasteiger partial charge in [0.15, 0.2) is 0 Å². The number of carbonyl (C=O) groups excluding carboxylic acids is 2. The van der Waals surface area contributed by atoms with Crippen molar-refractivity contribution in [2.24, 2.45) is 5.92 Å². The van der Waals surface area contributed by atoms with E-state index in [4.69, 9.17) is 4.74 Å². The van der Waals surface area contributed by atoms with Crippen molar-refractivity contribution >= 4 is 21.8 Å². The summed E-state index contributed by atoms with van der Waals surface area (Å²) in [5.41, 5.74) is 0.899. The Morgan fingerprint density at radius 2 is 1.91 bits per heavy atom.